The van der Waals surface area contributed by atoms with Crippen LogP contribution in [-0.4, -0.2) is 25.0 Å². The van der Waals surface area contributed by atoms with Gasteiger partial charge in [0.05, 0.1) is 4.90 Å². The van der Waals surface area contributed by atoms with E-state index in [0.717, 1.165) is 12.1 Å². The molecule has 17 heavy (non-hydrogen) atoms. The SMILES string of the molecule is CC(C)(NS(=O)(=O)c1cccc(F)c1)C(=O)O. The summed E-state index contributed by atoms with van der Waals surface area (Å²) in [7, 11) is -4.06. The maximum atomic E-state index is 12.9. The van der Waals surface area contributed by atoms with Crippen molar-refractivity contribution in [3.63, 3.8) is 0 Å². The van der Waals surface area contributed by atoms with Gasteiger partial charge in [-0.25, -0.2) is 12.8 Å². The van der Waals surface area contributed by atoms with Crippen LogP contribution < -0.4 is 4.72 Å². The van der Waals surface area contributed by atoms with Gasteiger partial charge in [-0.1, -0.05) is 6.07 Å². The molecule has 1 aromatic carbocycles. The number of rotatable bonds is 4. The molecule has 0 saturated carbocycles. The fourth-order valence-corrected chi connectivity index (χ4v) is 2.48. The van der Waals surface area contributed by atoms with Crippen molar-refractivity contribution < 1.29 is 22.7 Å². The minimum absolute atomic E-state index is 0.313. The Morgan fingerprint density at radius 3 is 2.47 bits per heavy atom. The van der Waals surface area contributed by atoms with E-state index in [0.29, 0.717) is 0 Å². The predicted octanol–water partition coefficient (Wildman–Crippen LogP) is 0.967. The second-order valence-electron chi connectivity index (χ2n) is 3.99. The number of carboxylic acid groups (broad SMARTS) is 1. The second kappa shape index (κ2) is 4.42. The smallest absolute Gasteiger partial charge is 0.324 e. The highest BCUT2D eigenvalue weighted by molar-refractivity contribution is 7.89. The number of hydrogen-bond donors (Lipinski definition) is 2. The Morgan fingerprint density at radius 2 is 2.00 bits per heavy atom. The number of nitrogens with one attached hydrogen (secondary N) is 1. The molecule has 0 bridgehead atoms. The first kappa shape index (κ1) is 13.6. The van der Waals surface area contributed by atoms with Crippen molar-refractivity contribution in [1.29, 1.82) is 0 Å². The van der Waals surface area contributed by atoms with Gasteiger partial charge >= 0.3 is 5.97 Å². The fraction of sp³-hybridized carbons (Fsp3) is 0.300. The van der Waals surface area contributed by atoms with Crippen molar-refractivity contribution in [2.24, 2.45) is 0 Å². The number of hydrogen-bond acceptors (Lipinski definition) is 3. The topological polar surface area (TPSA) is 83.5 Å². The molecule has 7 heteroatoms. The average molecular weight is 261 g/mol. The van der Waals surface area contributed by atoms with Crippen molar-refractivity contribution in [1.82, 2.24) is 4.72 Å². The lowest BCUT2D eigenvalue weighted by Gasteiger charge is -2.20. The quantitative estimate of drug-likeness (QED) is 0.845. The highest BCUT2D eigenvalue weighted by Crippen LogP contribution is 2.14. The number of carbonyl (C=O) groups is 1. The Kier molecular flexibility index (Phi) is 3.53. The summed E-state index contributed by atoms with van der Waals surface area (Å²) in [6.45, 7) is 2.40. The lowest BCUT2D eigenvalue weighted by Crippen LogP contribution is -2.49. The fourth-order valence-electron chi connectivity index (χ4n) is 1.07. The van der Waals surface area contributed by atoms with E-state index in [1.165, 1.54) is 26.0 Å². The molecule has 0 aromatic heterocycles. The third-order valence-corrected chi connectivity index (χ3v) is 3.68. The second-order valence-corrected chi connectivity index (χ2v) is 5.68. The van der Waals surface area contributed by atoms with Crippen molar-refractivity contribution in [3.8, 4) is 0 Å². The van der Waals surface area contributed by atoms with Gasteiger partial charge in [0.25, 0.3) is 0 Å². The zero-order valence-corrected chi connectivity index (χ0v) is 10.1. The van der Waals surface area contributed by atoms with Crippen LogP contribution in [0.25, 0.3) is 0 Å². The van der Waals surface area contributed by atoms with E-state index < -0.39 is 27.3 Å². The molecule has 1 aromatic rings. The van der Waals surface area contributed by atoms with E-state index in [9.17, 15) is 17.6 Å². The summed E-state index contributed by atoms with van der Waals surface area (Å²) in [6, 6.07) is 4.34. The monoisotopic (exact) mass is 261 g/mol. The van der Waals surface area contributed by atoms with E-state index in [1.54, 1.807) is 0 Å². The molecular formula is C10H12FNO4S. The molecule has 0 aliphatic carbocycles. The Bertz CT molecular complexity index is 539. The van der Waals surface area contributed by atoms with Crippen LogP contribution in [0.1, 0.15) is 13.8 Å². The first-order valence-corrected chi connectivity index (χ1v) is 6.16. The highest BCUT2D eigenvalue weighted by atomic mass is 32.2. The molecule has 0 unspecified atom stereocenters. The lowest BCUT2D eigenvalue weighted by atomic mass is 10.1. The van der Waals surface area contributed by atoms with Gasteiger partial charge in [0, 0.05) is 0 Å². The Labute approximate surface area is 98.3 Å². The van der Waals surface area contributed by atoms with E-state index in [2.05, 4.69) is 0 Å². The molecule has 2 N–H and O–H groups in total. The molecule has 94 valence electrons. The summed E-state index contributed by atoms with van der Waals surface area (Å²) < 4.78 is 38.4. The van der Waals surface area contributed by atoms with Crippen LogP contribution in [-0.2, 0) is 14.8 Å². The third kappa shape index (κ3) is 3.24. The first-order valence-electron chi connectivity index (χ1n) is 4.68. The van der Waals surface area contributed by atoms with E-state index in [4.69, 9.17) is 5.11 Å². The Balaban J connectivity index is 3.10. The van der Waals surface area contributed by atoms with Gasteiger partial charge in [-0.2, -0.15) is 4.72 Å². The van der Waals surface area contributed by atoms with Crippen molar-refractivity contribution >= 4 is 16.0 Å². The van der Waals surface area contributed by atoms with Gasteiger partial charge in [0.15, 0.2) is 0 Å². The summed E-state index contributed by atoms with van der Waals surface area (Å²) in [4.78, 5) is 10.5. The molecule has 0 amide bonds. The number of carboxylic acids is 1. The molecule has 0 atom stereocenters. The minimum atomic E-state index is -4.06. The van der Waals surface area contributed by atoms with E-state index in [-0.39, 0.29) is 4.90 Å². The average Bonchev–Trinajstić information content (AvgIpc) is 2.15. The van der Waals surface area contributed by atoms with Crippen molar-refractivity contribution in [2.75, 3.05) is 0 Å². The third-order valence-electron chi connectivity index (χ3n) is 2.03. The number of benzene rings is 1. The molecule has 0 fully saturated rings. The van der Waals surface area contributed by atoms with Crippen molar-refractivity contribution in [3.05, 3.63) is 30.1 Å². The number of sulfonamides is 1. The molecule has 0 spiro atoms. The molecule has 0 aliphatic rings. The standard InChI is InChI=1S/C10H12FNO4S/c1-10(2,9(13)14)12-17(15,16)8-5-3-4-7(11)6-8/h3-6,12H,1-2H3,(H,13,14). The van der Waals surface area contributed by atoms with Crippen molar-refractivity contribution in [2.45, 2.75) is 24.3 Å². The normalized spacial score (nSPS) is 12.4. The molecule has 0 radical (unpaired) electrons. The van der Waals surface area contributed by atoms with Gasteiger partial charge in [0.1, 0.15) is 11.4 Å². The van der Waals surface area contributed by atoms with Gasteiger partial charge in [-0.15, -0.1) is 0 Å². The van der Waals surface area contributed by atoms with Crippen LogP contribution in [0.5, 0.6) is 0 Å². The van der Waals surface area contributed by atoms with Crippen LogP contribution in [0.4, 0.5) is 4.39 Å². The first-order chi connectivity index (χ1) is 7.65. The molecule has 5 nitrogen and oxygen atoms in total. The minimum Gasteiger partial charge on any atom is -0.480 e. The molecule has 0 aliphatic heterocycles. The molecule has 1 rings (SSSR count). The van der Waals surface area contributed by atoms with Crippen LogP contribution in [0.2, 0.25) is 0 Å². The number of halogens is 1. The summed E-state index contributed by atoms with van der Waals surface area (Å²) >= 11 is 0. The van der Waals surface area contributed by atoms with Gasteiger partial charge in [-0.05, 0) is 32.0 Å². The molecule has 0 heterocycles. The lowest BCUT2D eigenvalue weighted by molar-refractivity contribution is -0.142. The highest BCUT2D eigenvalue weighted by Gasteiger charge is 2.33. The van der Waals surface area contributed by atoms with Gasteiger partial charge in [0.2, 0.25) is 10.0 Å². The predicted molar refractivity (Wildman–Crippen MR) is 58.4 cm³/mol. The maximum absolute atomic E-state index is 12.9. The van der Waals surface area contributed by atoms with Crippen LogP contribution in [0.3, 0.4) is 0 Å². The molecule has 0 saturated heterocycles. The van der Waals surface area contributed by atoms with Crippen LogP contribution in [0.15, 0.2) is 29.2 Å². The summed E-state index contributed by atoms with van der Waals surface area (Å²) in [6.07, 6.45) is 0. The Hall–Kier alpha value is -1.47. The summed E-state index contributed by atoms with van der Waals surface area (Å²) in [5.41, 5.74) is -1.66. The largest absolute Gasteiger partial charge is 0.480 e. The van der Waals surface area contributed by atoms with E-state index in [1.807, 2.05) is 4.72 Å². The summed E-state index contributed by atoms with van der Waals surface area (Å²) in [5.74, 6) is -2.03. The van der Waals surface area contributed by atoms with Crippen LogP contribution >= 0.6 is 0 Å². The summed E-state index contributed by atoms with van der Waals surface area (Å²) in [5, 5.41) is 8.81. The maximum Gasteiger partial charge on any atom is 0.324 e. The van der Waals surface area contributed by atoms with Crippen LogP contribution in [0, 0.1) is 5.82 Å². The Morgan fingerprint density at radius 1 is 1.41 bits per heavy atom. The number of aliphatic carboxylic acids is 1. The molecular weight excluding hydrogens is 249 g/mol. The zero-order chi connectivity index (χ0) is 13.3. The van der Waals surface area contributed by atoms with E-state index >= 15 is 0 Å². The van der Waals surface area contributed by atoms with Gasteiger partial charge < -0.3 is 5.11 Å². The zero-order valence-electron chi connectivity index (χ0n) is 9.27. The van der Waals surface area contributed by atoms with Gasteiger partial charge in [-0.3, -0.25) is 4.79 Å².